The first kappa shape index (κ1) is 12.4. The number of rotatable bonds is 5. The van der Waals surface area contributed by atoms with E-state index in [1.165, 1.54) is 24.0 Å². The van der Waals surface area contributed by atoms with Gasteiger partial charge in [-0.15, -0.1) is 0 Å². The van der Waals surface area contributed by atoms with Gasteiger partial charge in [0.1, 0.15) is 5.75 Å². The molecule has 0 radical (unpaired) electrons. The van der Waals surface area contributed by atoms with Crippen molar-refractivity contribution in [1.29, 1.82) is 0 Å². The number of ether oxygens (including phenoxy) is 1. The maximum absolute atomic E-state index is 6.10. The van der Waals surface area contributed by atoms with Crippen molar-refractivity contribution in [2.45, 2.75) is 58.1 Å². The SMILES string of the molecule is Cc1cc(CCC2(N)CC2)ccc1OC(C)C. The molecule has 0 unspecified atom stereocenters. The number of hydrogen-bond acceptors (Lipinski definition) is 2. The molecule has 2 N–H and O–H groups in total. The molecule has 17 heavy (non-hydrogen) atoms. The van der Waals surface area contributed by atoms with Gasteiger partial charge in [-0.05, 0) is 63.6 Å². The monoisotopic (exact) mass is 233 g/mol. The van der Waals surface area contributed by atoms with E-state index in [9.17, 15) is 0 Å². The summed E-state index contributed by atoms with van der Waals surface area (Å²) in [5.41, 5.74) is 8.85. The van der Waals surface area contributed by atoms with Crippen molar-refractivity contribution < 1.29 is 4.74 Å². The van der Waals surface area contributed by atoms with Crippen molar-refractivity contribution in [1.82, 2.24) is 0 Å². The fraction of sp³-hybridized carbons (Fsp3) is 0.600. The fourth-order valence-corrected chi connectivity index (χ4v) is 2.06. The Morgan fingerprint density at radius 1 is 1.35 bits per heavy atom. The third-order valence-electron chi connectivity index (χ3n) is 3.41. The van der Waals surface area contributed by atoms with E-state index in [-0.39, 0.29) is 11.6 Å². The van der Waals surface area contributed by atoms with Crippen molar-refractivity contribution >= 4 is 0 Å². The van der Waals surface area contributed by atoms with E-state index in [4.69, 9.17) is 10.5 Å². The average molecular weight is 233 g/mol. The van der Waals surface area contributed by atoms with Gasteiger partial charge in [0, 0.05) is 5.54 Å². The lowest BCUT2D eigenvalue weighted by atomic mass is 10.0. The minimum atomic E-state index is 0.154. The molecule has 1 fully saturated rings. The zero-order chi connectivity index (χ0) is 12.5. The van der Waals surface area contributed by atoms with Crippen molar-refractivity contribution in [3.63, 3.8) is 0 Å². The molecule has 0 bridgehead atoms. The van der Waals surface area contributed by atoms with Crippen LogP contribution in [0.25, 0.3) is 0 Å². The van der Waals surface area contributed by atoms with Crippen molar-refractivity contribution in [3.8, 4) is 5.75 Å². The summed E-state index contributed by atoms with van der Waals surface area (Å²) in [5.74, 6) is 0.998. The Balaban J connectivity index is 1.97. The van der Waals surface area contributed by atoms with Gasteiger partial charge in [-0.1, -0.05) is 12.1 Å². The van der Waals surface area contributed by atoms with Crippen LogP contribution in [0.4, 0.5) is 0 Å². The molecule has 1 aliphatic carbocycles. The van der Waals surface area contributed by atoms with Crippen LogP contribution >= 0.6 is 0 Å². The largest absolute Gasteiger partial charge is 0.491 e. The zero-order valence-electron chi connectivity index (χ0n) is 11.1. The molecular formula is C15H23NO. The van der Waals surface area contributed by atoms with Gasteiger partial charge >= 0.3 is 0 Å². The summed E-state index contributed by atoms with van der Waals surface area (Å²) < 4.78 is 5.73. The van der Waals surface area contributed by atoms with Crippen LogP contribution in [0.15, 0.2) is 18.2 Å². The zero-order valence-corrected chi connectivity index (χ0v) is 11.1. The Labute approximate surface area is 104 Å². The molecule has 0 saturated heterocycles. The third-order valence-corrected chi connectivity index (χ3v) is 3.41. The molecule has 0 amide bonds. The Morgan fingerprint density at radius 2 is 2.06 bits per heavy atom. The predicted octanol–water partition coefficient (Wildman–Crippen LogP) is 3.21. The Kier molecular flexibility index (Phi) is 3.43. The summed E-state index contributed by atoms with van der Waals surface area (Å²) in [6.45, 7) is 6.22. The highest BCUT2D eigenvalue weighted by atomic mass is 16.5. The molecule has 94 valence electrons. The maximum Gasteiger partial charge on any atom is 0.122 e. The van der Waals surface area contributed by atoms with Gasteiger partial charge in [0.2, 0.25) is 0 Å². The number of benzene rings is 1. The molecule has 0 aliphatic heterocycles. The summed E-state index contributed by atoms with van der Waals surface area (Å²) >= 11 is 0. The van der Waals surface area contributed by atoms with Crippen molar-refractivity contribution in [3.05, 3.63) is 29.3 Å². The summed E-state index contributed by atoms with van der Waals surface area (Å²) in [4.78, 5) is 0. The molecule has 2 nitrogen and oxygen atoms in total. The molecule has 1 aliphatic rings. The normalized spacial score (nSPS) is 17.2. The van der Waals surface area contributed by atoms with Gasteiger partial charge < -0.3 is 10.5 Å². The first-order chi connectivity index (χ1) is 7.98. The van der Waals surface area contributed by atoms with Crippen LogP contribution in [0.5, 0.6) is 5.75 Å². The van der Waals surface area contributed by atoms with Gasteiger partial charge in [0.15, 0.2) is 0 Å². The summed E-state index contributed by atoms with van der Waals surface area (Å²) in [7, 11) is 0. The van der Waals surface area contributed by atoms with E-state index >= 15 is 0 Å². The predicted molar refractivity (Wildman–Crippen MR) is 71.4 cm³/mol. The summed E-state index contributed by atoms with van der Waals surface area (Å²) in [5, 5.41) is 0. The standard InChI is InChI=1S/C15H23NO/c1-11(2)17-14-5-4-13(10-12(14)3)6-7-15(16)8-9-15/h4-5,10-11H,6-9,16H2,1-3H3. The molecule has 1 aromatic carbocycles. The summed E-state index contributed by atoms with van der Waals surface area (Å²) in [6, 6.07) is 6.47. The Morgan fingerprint density at radius 3 is 2.59 bits per heavy atom. The topological polar surface area (TPSA) is 35.2 Å². The Hall–Kier alpha value is -1.02. The van der Waals surface area contributed by atoms with Crippen LogP contribution < -0.4 is 10.5 Å². The van der Waals surface area contributed by atoms with Crippen LogP contribution in [0.1, 0.15) is 44.2 Å². The maximum atomic E-state index is 6.10. The van der Waals surface area contributed by atoms with Crippen LogP contribution in [-0.4, -0.2) is 11.6 Å². The number of aryl methyl sites for hydroxylation is 2. The first-order valence-corrected chi connectivity index (χ1v) is 6.54. The van der Waals surface area contributed by atoms with E-state index in [2.05, 4.69) is 39.0 Å². The number of nitrogens with two attached hydrogens (primary N) is 1. The second-order valence-electron chi connectivity index (χ2n) is 5.63. The van der Waals surface area contributed by atoms with Crippen molar-refractivity contribution in [2.75, 3.05) is 0 Å². The van der Waals surface area contributed by atoms with Crippen LogP contribution in [0, 0.1) is 6.92 Å². The highest BCUT2D eigenvalue weighted by molar-refractivity contribution is 5.36. The second-order valence-corrected chi connectivity index (χ2v) is 5.63. The molecular weight excluding hydrogens is 210 g/mol. The van der Waals surface area contributed by atoms with E-state index in [0.717, 1.165) is 18.6 Å². The second kappa shape index (κ2) is 4.69. The lowest BCUT2D eigenvalue weighted by Gasteiger charge is -2.14. The van der Waals surface area contributed by atoms with E-state index < -0.39 is 0 Å². The van der Waals surface area contributed by atoms with Gasteiger partial charge in [-0.2, -0.15) is 0 Å². The minimum absolute atomic E-state index is 0.154. The highest BCUT2D eigenvalue weighted by Crippen LogP contribution is 2.36. The van der Waals surface area contributed by atoms with E-state index in [1.807, 2.05) is 0 Å². The summed E-state index contributed by atoms with van der Waals surface area (Å²) in [6.07, 6.45) is 4.82. The van der Waals surface area contributed by atoms with Crippen LogP contribution in [-0.2, 0) is 6.42 Å². The van der Waals surface area contributed by atoms with Gasteiger partial charge in [0.05, 0.1) is 6.10 Å². The molecule has 0 atom stereocenters. The Bertz CT molecular complexity index is 394. The van der Waals surface area contributed by atoms with Crippen LogP contribution in [0.3, 0.4) is 0 Å². The van der Waals surface area contributed by atoms with Gasteiger partial charge in [-0.25, -0.2) is 0 Å². The van der Waals surface area contributed by atoms with Crippen molar-refractivity contribution in [2.24, 2.45) is 5.73 Å². The molecule has 2 heteroatoms. The minimum Gasteiger partial charge on any atom is -0.491 e. The molecule has 2 rings (SSSR count). The smallest absolute Gasteiger partial charge is 0.122 e. The van der Waals surface area contributed by atoms with Crippen LogP contribution in [0.2, 0.25) is 0 Å². The molecule has 1 aromatic rings. The number of hydrogen-bond donors (Lipinski definition) is 1. The average Bonchev–Trinajstić information content (AvgIpc) is 2.98. The van der Waals surface area contributed by atoms with E-state index in [1.54, 1.807) is 0 Å². The third kappa shape index (κ3) is 3.47. The quantitative estimate of drug-likeness (QED) is 0.847. The fourth-order valence-electron chi connectivity index (χ4n) is 2.06. The molecule has 1 saturated carbocycles. The molecule has 0 spiro atoms. The molecule has 0 heterocycles. The highest BCUT2D eigenvalue weighted by Gasteiger charge is 2.37. The van der Waals surface area contributed by atoms with E-state index in [0.29, 0.717) is 0 Å². The van der Waals surface area contributed by atoms with Gasteiger partial charge in [-0.3, -0.25) is 0 Å². The first-order valence-electron chi connectivity index (χ1n) is 6.54. The lowest BCUT2D eigenvalue weighted by molar-refractivity contribution is 0.240. The lowest BCUT2D eigenvalue weighted by Crippen LogP contribution is -2.22. The molecule has 0 aromatic heterocycles. The van der Waals surface area contributed by atoms with Gasteiger partial charge in [0.25, 0.3) is 0 Å².